The number of carbonyl (C=O) groups is 1. The number of nitrogens with zero attached hydrogens (tertiary/aromatic N) is 3. The SMILES string of the molecule is COC(=O)[C@H](c1ccc(F)cc1)N1CCC[C@@H](c2nc(C)no2)C1. The number of aromatic nitrogens is 2. The number of hydrogen-bond acceptors (Lipinski definition) is 6. The van der Waals surface area contributed by atoms with Gasteiger partial charge in [-0.2, -0.15) is 4.98 Å². The number of benzene rings is 1. The predicted octanol–water partition coefficient (Wildman–Crippen LogP) is 2.61. The summed E-state index contributed by atoms with van der Waals surface area (Å²) in [5.74, 6) is 0.585. The minimum absolute atomic E-state index is 0.0764. The largest absolute Gasteiger partial charge is 0.468 e. The monoisotopic (exact) mass is 333 g/mol. The van der Waals surface area contributed by atoms with E-state index in [4.69, 9.17) is 9.26 Å². The van der Waals surface area contributed by atoms with Crippen molar-refractivity contribution in [2.75, 3.05) is 20.2 Å². The number of carbonyl (C=O) groups excluding carboxylic acids is 1. The molecule has 0 bridgehead atoms. The third-order valence-corrected chi connectivity index (χ3v) is 4.32. The molecule has 1 saturated heterocycles. The second-order valence-corrected chi connectivity index (χ2v) is 5.99. The Bertz CT molecular complexity index is 701. The predicted molar refractivity (Wildman–Crippen MR) is 83.7 cm³/mol. The zero-order valence-electron chi connectivity index (χ0n) is 13.7. The zero-order chi connectivity index (χ0) is 17.1. The number of methoxy groups -OCH3 is 1. The second kappa shape index (κ2) is 7.09. The van der Waals surface area contributed by atoms with E-state index in [9.17, 15) is 9.18 Å². The molecule has 2 atom stereocenters. The molecule has 1 fully saturated rings. The lowest BCUT2D eigenvalue weighted by Gasteiger charge is -2.35. The molecule has 1 aliphatic rings. The molecular weight excluding hydrogens is 313 g/mol. The van der Waals surface area contributed by atoms with Gasteiger partial charge in [0.2, 0.25) is 5.89 Å². The van der Waals surface area contributed by atoms with Crippen molar-refractivity contribution in [2.24, 2.45) is 0 Å². The van der Waals surface area contributed by atoms with E-state index in [-0.39, 0.29) is 17.7 Å². The van der Waals surface area contributed by atoms with Gasteiger partial charge in [0.1, 0.15) is 11.9 Å². The Morgan fingerprint density at radius 2 is 2.17 bits per heavy atom. The molecule has 6 nitrogen and oxygen atoms in total. The Kier molecular flexibility index (Phi) is 4.89. The molecule has 0 aliphatic carbocycles. The molecule has 2 aromatic rings. The fraction of sp³-hybridized carbons (Fsp3) is 0.471. The van der Waals surface area contributed by atoms with Crippen LogP contribution < -0.4 is 0 Å². The third-order valence-electron chi connectivity index (χ3n) is 4.32. The summed E-state index contributed by atoms with van der Waals surface area (Å²) >= 11 is 0. The van der Waals surface area contributed by atoms with Crippen LogP contribution in [-0.2, 0) is 9.53 Å². The van der Waals surface area contributed by atoms with Gasteiger partial charge in [-0.1, -0.05) is 17.3 Å². The van der Waals surface area contributed by atoms with Crippen molar-refractivity contribution in [3.63, 3.8) is 0 Å². The first-order valence-corrected chi connectivity index (χ1v) is 7.96. The van der Waals surface area contributed by atoms with Crippen LogP contribution in [0.2, 0.25) is 0 Å². The molecule has 2 heterocycles. The highest BCUT2D eigenvalue weighted by atomic mass is 19.1. The first-order chi connectivity index (χ1) is 11.6. The summed E-state index contributed by atoms with van der Waals surface area (Å²) in [4.78, 5) is 18.7. The van der Waals surface area contributed by atoms with Gasteiger partial charge < -0.3 is 9.26 Å². The molecule has 0 unspecified atom stereocenters. The zero-order valence-corrected chi connectivity index (χ0v) is 13.7. The van der Waals surface area contributed by atoms with Crippen LogP contribution in [0, 0.1) is 12.7 Å². The molecule has 0 spiro atoms. The fourth-order valence-electron chi connectivity index (χ4n) is 3.17. The van der Waals surface area contributed by atoms with Crippen LogP contribution in [-0.4, -0.2) is 41.2 Å². The van der Waals surface area contributed by atoms with Crippen LogP contribution in [0.4, 0.5) is 4.39 Å². The number of hydrogen-bond donors (Lipinski definition) is 0. The number of likely N-dealkylation sites (tertiary alicyclic amines) is 1. The number of rotatable bonds is 4. The molecular formula is C17H20FN3O3. The minimum atomic E-state index is -0.567. The van der Waals surface area contributed by atoms with Gasteiger partial charge in [-0.3, -0.25) is 4.90 Å². The van der Waals surface area contributed by atoms with Crippen molar-refractivity contribution in [3.05, 3.63) is 47.4 Å². The normalized spacial score (nSPS) is 19.9. The molecule has 24 heavy (non-hydrogen) atoms. The van der Waals surface area contributed by atoms with E-state index < -0.39 is 6.04 Å². The Morgan fingerprint density at radius 3 is 2.79 bits per heavy atom. The summed E-state index contributed by atoms with van der Waals surface area (Å²) in [6.07, 6.45) is 1.83. The molecule has 0 N–H and O–H groups in total. The molecule has 0 radical (unpaired) electrons. The molecule has 3 rings (SSSR count). The maximum Gasteiger partial charge on any atom is 0.327 e. The second-order valence-electron chi connectivity index (χ2n) is 5.99. The topological polar surface area (TPSA) is 68.5 Å². The van der Waals surface area contributed by atoms with Crippen molar-refractivity contribution >= 4 is 5.97 Å². The van der Waals surface area contributed by atoms with Crippen LogP contribution in [0.3, 0.4) is 0 Å². The van der Waals surface area contributed by atoms with E-state index in [1.54, 1.807) is 19.1 Å². The van der Waals surface area contributed by atoms with Crippen LogP contribution >= 0.6 is 0 Å². The van der Waals surface area contributed by atoms with Crippen LogP contribution in [0.15, 0.2) is 28.8 Å². The summed E-state index contributed by atoms with van der Waals surface area (Å²) < 4.78 is 23.5. The molecule has 7 heteroatoms. The van der Waals surface area contributed by atoms with E-state index in [1.165, 1.54) is 19.2 Å². The first kappa shape index (κ1) is 16.6. The van der Waals surface area contributed by atoms with E-state index in [1.807, 2.05) is 4.90 Å². The summed E-state index contributed by atoms with van der Waals surface area (Å²) in [7, 11) is 1.36. The minimum Gasteiger partial charge on any atom is -0.468 e. The molecule has 0 saturated carbocycles. The Labute approximate surface area is 139 Å². The van der Waals surface area contributed by atoms with Crippen LogP contribution in [0.25, 0.3) is 0 Å². The number of halogens is 1. The van der Waals surface area contributed by atoms with Crippen molar-refractivity contribution in [3.8, 4) is 0 Å². The Balaban J connectivity index is 1.84. The van der Waals surface area contributed by atoms with Gasteiger partial charge in [-0.25, -0.2) is 9.18 Å². The number of aryl methyl sites for hydroxylation is 1. The maximum atomic E-state index is 13.2. The van der Waals surface area contributed by atoms with Gasteiger partial charge in [0.05, 0.1) is 13.0 Å². The van der Waals surface area contributed by atoms with Gasteiger partial charge in [0.25, 0.3) is 0 Å². The van der Waals surface area contributed by atoms with E-state index in [0.717, 1.165) is 19.4 Å². The molecule has 1 aliphatic heterocycles. The average molecular weight is 333 g/mol. The van der Waals surface area contributed by atoms with E-state index in [0.29, 0.717) is 23.8 Å². The first-order valence-electron chi connectivity index (χ1n) is 7.96. The van der Waals surface area contributed by atoms with Gasteiger partial charge >= 0.3 is 5.97 Å². The smallest absolute Gasteiger partial charge is 0.327 e. The summed E-state index contributed by atoms with van der Waals surface area (Å²) in [6, 6.07) is 5.39. The molecule has 128 valence electrons. The summed E-state index contributed by atoms with van der Waals surface area (Å²) in [6.45, 7) is 3.14. The Hall–Kier alpha value is -2.28. The van der Waals surface area contributed by atoms with Crippen molar-refractivity contribution in [2.45, 2.75) is 31.7 Å². The lowest BCUT2D eigenvalue weighted by Crippen LogP contribution is -2.41. The molecule has 0 amide bonds. The van der Waals surface area contributed by atoms with Gasteiger partial charge in [0, 0.05) is 6.54 Å². The highest BCUT2D eigenvalue weighted by molar-refractivity contribution is 5.77. The average Bonchev–Trinajstić information content (AvgIpc) is 3.03. The van der Waals surface area contributed by atoms with E-state index >= 15 is 0 Å². The lowest BCUT2D eigenvalue weighted by molar-refractivity contribution is -0.148. The standard InChI is InChI=1S/C17H20FN3O3/c1-11-19-16(24-20-11)13-4-3-9-21(10-13)15(17(22)23-2)12-5-7-14(18)8-6-12/h5-8,13,15H,3-4,9-10H2,1-2H3/t13-,15+/m1/s1. The van der Waals surface area contributed by atoms with Gasteiger partial charge in [-0.15, -0.1) is 0 Å². The highest BCUT2D eigenvalue weighted by Crippen LogP contribution is 2.32. The quantitative estimate of drug-likeness (QED) is 0.801. The third kappa shape index (κ3) is 3.46. The van der Waals surface area contributed by atoms with Crippen molar-refractivity contribution in [1.82, 2.24) is 15.0 Å². The number of ether oxygens (including phenoxy) is 1. The van der Waals surface area contributed by atoms with Crippen molar-refractivity contribution in [1.29, 1.82) is 0 Å². The Morgan fingerprint density at radius 1 is 1.42 bits per heavy atom. The summed E-state index contributed by atoms with van der Waals surface area (Å²) in [5.41, 5.74) is 0.714. The number of piperidine rings is 1. The number of esters is 1. The lowest BCUT2D eigenvalue weighted by atomic mass is 9.94. The van der Waals surface area contributed by atoms with Crippen LogP contribution in [0.1, 0.15) is 42.1 Å². The highest BCUT2D eigenvalue weighted by Gasteiger charge is 2.34. The van der Waals surface area contributed by atoms with Gasteiger partial charge in [-0.05, 0) is 44.0 Å². The van der Waals surface area contributed by atoms with Gasteiger partial charge in [0.15, 0.2) is 5.82 Å². The molecule has 1 aromatic heterocycles. The van der Waals surface area contributed by atoms with Crippen molar-refractivity contribution < 1.29 is 18.4 Å². The maximum absolute atomic E-state index is 13.2. The fourth-order valence-corrected chi connectivity index (χ4v) is 3.17. The molecule has 1 aromatic carbocycles. The summed E-state index contributed by atoms with van der Waals surface area (Å²) in [5, 5.41) is 3.84. The van der Waals surface area contributed by atoms with E-state index in [2.05, 4.69) is 10.1 Å². The van der Waals surface area contributed by atoms with Crippen LogP contribution in [0.5, 0.6) is 0 Å².